The molecule has 0 aliphatic carbocycles. The molecular formula is C18H23NO2. The molecule has 0 radical (unpaired) electrons. The molecule has 0 bridgehead atoms. The van der Waals surface area contributed by atoms with Crippen LogP contribution in [0.3, 0.4) is 0 Å². The highest BCUT2D eigenvalue weighted by Crippen LogP contribution is 2.34. The Morgan fingerprint density at radius 2 is 1.67 bits per heavy atom. The van der Waals surface area contributed by atoms with Crippen LogP contribution in [0, 0.1) is 0 Å². The molecule has 2 aromatic carbocycles. The molecule has 0 aliphatic rings. The molecule has 21 heavy (non-hydrogen) atoms. The number of benzene rings is 2. The van der Waals surface area contributed by atoms with Crippen molar-refractivity contribution >= 4 is 0 Å². The van der Waals surface area contributed by atoms with Gasteiger partial charge < -0.3 is 15.2 Å². The lowest BCUT2D eigenvalue weighted by Crippen LogP contribution is -2.22. The Balaban J connectivity index is 2.27. The lowest BCUT2D eigenvalue weighted by molar-refractivity contribution is 0.0791. The van der Waals surface area contributed by atoms with Gasteiger partial charge in [0.1, 0.15) is 11.9 Å². The van der Waals surface area contributed by atoms with E-state index in [4.69, 9.17) is 15.2 Å². The summed E-state index contributed by atoms with van der Waals surface area (Å²) >= 11 is 0. The van der Waals surface area contributed by atoms with Crippen molar-refractivity contribution in [3.63, 3.8) is 0 Å². The highest BCUT2D eigenvalue weighted by molar-refractivity contribution is 5.37. The summed E-state index contributed by atoms with van der Waals surface area (Å²) in [6.45, 7) is 2.77. The third-order valence-electron chi connectivity index (χ3n) is 3.45. The molecule has 0 spiro atoms. The van der Waals surface area contributed by atoms with Gasteiger partial charge in [0.25, 0.3) is 0 Å². The second kappa shape index (κ2) is 7.81. The van der Waals surface area contributed by atoms with Crippen LogP contribution in [-0.4, -0.2) is 13.7 Å². The number of hydrogen-bond acceptors (Lipinski definition) is 3. The summed E-state index contributed by atoms with van der Waals surface area (Å²) in [6, 6.07) is 17.7. The van der Waals surface area contributed by atoms with Gasteiger partial charge in [-0.3, -0.25) is 0 Å². The highest BCUT2D eigenvalue weighted by Gasteiger charge is 2.23. The topological polar surface area (TPSA) is 44.5 Å². The summed E-state index contributed by atoms with van der Waals surface area (Å²) in [6.07, 6.45) is 0.772. The normalized spacial score (nSPS) is 13.7. The maximum Gasteiger partial charge on any atom is 0.124 e. The van der Waals surface area contributed by atoms with E-state index in [1.165, 1.54) is 0 Å². The Morgan fingerprint density at radius 1 is 1.00 bits per heavy atom. The molecule has 0 aliphatic heterocycles. The summed E-state index contributed by atoms with van der Waals surface area (Å²) < 4.78 is 11.4. The smallest absolute Gasteiger partial charge is 0.124 e. The zero-order valence-corrected chi connectivity index (χ0v) is 12.7. The van der Waals surface area contributed by atoms with Crippen molar-refractivity contribution in [2.45, 2.75) is 25.5 Å². The first-order chi connectivity index (χ1) is 10.3. The van der Waals surface area contributed by atoms with E-state index in [1.54, 1.807) is 7.11 Å². The van der Waals surface area contributed by atoms with E-state index in [0.29, 0.717) is 6.61 Å². The lowest BCUT2D eigenvalue weighted by Gasteiger charge is -2.25. The minimum Gasteiger partial charge on any atom is -0.493 e. The number of rotatable bonds is 7. The van der Waals surface area contributed by atoms with Gasteiger partial charge in [-0.25, -0.2) is 0 Å². The van der Waals surface area contributed by atoms with E-state index in [2.05, 4.69) is 6.92 Å². The molecule has 2 atom stereocenters. The molecule has 0 heterocycles. The minimum absolute atomic E-state index is 0.197. The lowest BCUT2D eigenvalue weighted by atomic mass is 9.96. The summed E-state index contributed by atoms with van der Waals surface area (Å²) in [5.74, 6) is 0.838. The van der Waals surface area contributed by atoms with Gasteiger partial charge in [0.2, 0.25) is 0 Å². The number of ether oxygens (including phenoxy) is 2. The molecule has 0 fully saturated rings. The van der Waals surface area contributed by atoms with Gasteiger partial charge in [-0.2, -0.15) is 0 Å². The van der Waals surface area contributed by atoms with E-state index in [-0.39, 0.29) is 12.1 Å². The van der Waals surface area contributed by atoms with Gasteiger partial charge >= 0.3 is 0 Å². The quantitative estimate of drug-likeness (QED) is 0.840. The van der Waals surface area contributed by atoms with Crippen molar-refractivity contribution in [2.75, 3.05) is 13.7 Å². The van der Waals surface area contributed by atoms with Crippen molar-refractivity contribution in [1.29, 1.82) is 0 Å². The summed E-state index contributed by atoms with van der Waals surface area (Å²) in [5, 5.41) is 0. The van der Waals surface area contributed by atoms with Crippen molar-refractivity contribution in [2.24, 2.45) is 5.73 Å². The third kappa shape index (κ3) is 3.84. The number of nitrogens with two attached hydrogens (primary N) is 1. The van der Waals surface area contributed by atoms with Crippen LogP contribution >= 0.6 is 0 Å². The predicted octanol–water partition coefficient (Wildman–Crippen LogP) is 3.86. The van der Waals surface area contributed by atoms with Gasteiger partial charge in [-0.05, 0) is 18.1 Å². The van der Waals surface area contributed by atoms with Crippen LogP contribution in [-0.2, 0) is 4.74 Å². The van der Waals surface area contributed by atoms with Gasteiger partial charge in [-0.1, -0.05) is 55.5 Å². The van der Waals surface area contributed by atoms with Crippen LogP contribution in [0.4, 0.5) is 0 Å². The van der Waals surface area contributed by atoms with Crippen LogP contribution in [0.1, 0.15) is 36.6 Å². The monoisotopic (exact) mass is 285 g/mol. The number of methoxy groups -OCH3 is 1. The Bertz CT molecular complexity index is 542. The largest absolute Gasteiger partial charge is 0.493 e. The van der Waals surface area contributed by atoms with Crippen LogP contribution in [0.5, 0.6) is 5.75 Å². The molecule has 112 valence electrons. The fraction of sp³-hybridized carbons (Fsp3) is 0.333. The van der Waals surface area contributed by atoms with Crippen LogP contribution in [0.2, 0.25) is 0 Å². The van der Waals surface area contributed by atoms with E-state index in [1.807, 2.05) is 54.6 Å². The Labute approximate surface area is 126 Å². The number of hydrogen-bond donors (Lipinski definition) is 1. The van der Waals surface area contributed by atoms with Crippen LogP contribution in [0.25, 0.3) is 0 Å². The minimum atomic E-state index is -0.273. The molecule has 0 saturated carbocycles. The van der Waals surface area contributed by atoms with Crippen molar-refractivity contribution < 1.29 is 9.47 Å². The Morgan fingerprint density at radius 3 is 2.33 bits per heavy atom. The first-order valence-electron chi connectivity index (χ1n) is 7.33. The predicted molar refractivity (Wildman–Crippen MR) is 85.3 cm³/mol. The molecule has 0 saturated heterocycles. The molecule has 2 N–H and O–H groups in total. The average Bonchev–Trinajstić information content (AvgIpc) is 2.55. The van der Waals surface area contributed by atoms with Crippen molar-refractivity contribution in [3.05, 3.63) is 65.7 Å². The first kappa shape index (κ1) is 15.5. The average molecular weight is 285 g/mol. The van der Waals surface area contributed by atoms with Crippen LogP contribution < -0.4 is 10.5 Å². The third-order valence-corrected chi connectivity index (χ3v) is 3.45. The zero-order chi connectivity index (χ0) is 15.1. The Hall–Kier alpha value is -1.84. The molecule has 2 aromatic rings. The second-order valence-electron chi connectivity index (χ2n) is 4.98. The molecular weight excluding hydrogens is 262 g/mol. The SMILES string of the molecule is CCCOc1ccccc1C(N)C(OC)c1ccccc1. The maximum absolute atomic E-state index is 6.45. The maximum atomic E-state index is 6.45. The molecule has 2 unspecified atom stereocenters. The standard InChI is InChI=1S/C18H23NO2/c1-3-13-21-16-12-8-7-11-15(16)17(19)18(20-2)14-9-5-4-6-10-14/h4-12,17-18H,3,13,19H2,1-2H3. The fourth-order valence-corrected chi connectivity index (χ4v) is 2.40. The van der Waals surface area contributed by atoms with Crippen molar-refractivity contribution in [1.82, 2.24) is 0 Å². The van der Waals surface area contributed by atoms with Gasteiger partial charge in [0, 0.05) is 12.7 Å². The number of para-hydroxylation sites is 1. The molecule has 3 heteroatoms. The van der Waals surface area contributed by atoms with E-state index >= 15 is 0 Å². The molecule has 3 nitrogen and oxygen atoms in total. The summed E-state index contributed by atoms with van der Waals surface area (Å²) in [5.41, 5.74) is 8.49. The van der Waals surface area contributed by atoms with E-state index < -0.39 is 0 Å². The van der Waals surface area contributed by atoms with Crippen LogP contribution in [0.15, 0.2) is 54.6 Å². The zero-order valence-electron chi connectivity index (χ0n) is 12.7. The highest BCUT2D eigenvalue weighted by atomic mass is 16.5. The van der Waals surface area contributed by atoms with Gasteiger partial charge in [0.15, 0.2) is 0 Å². The summed E-state index contributed by atoms with van der Waals surface area (Å²) in [4.78, 5) is 0. The molecule has 2 rings (SSSR count). The van der Waals surface area contributed by atoms with Gasteiger partial charge in [0.05, 0.1) is 12.6 Å². The van der Waals surface area contributed by atoms with Crippen molar-refractivity contribution in [3.8, 4) is 5.75 Å². The van der Waals surface area contributed by atoms with E-state index in [9.17, 15) is 0 Å². The fourth-order valence-electron chi connectivity index (χ4n) is 2.40. The summed E-state index contributed by atoms with van der Waals surface area (Å²) in [7, 11) is 1.69. The second-order valence-corrected chi connectivity index (χ2v) is 4.98. The molecule has 0 amide bonds. The Kier molecular flexibility index (Phi) is 5.78. The van der Waals surface area contributed by atoms with Gasteiger partial charge in [-0.15, -0.1) is 0 Å². The molecule has 0 aromatic heterocycles. The first-order valence-corrected chi connectivity index (χ1v) is 7.33. The van der Waals surface area contributed by atoms with E-state index in [0.717, 1.165) is 23.3 Å².